The first kappa shape index (κ1) is 18.0. The summed E-state index contributed by atoms with van der Waals surface area (Å²) in [5.74, 6) is -1.26. The predicted molar refractivity (Wildman–Crippen MR) is 98.7 cm³/mol. The molecule has 0 radical (unpaired) electrons. The van der Waals surface area contributed by atoms with Crippen molar-refractivity contribution >= 4 is 49.5 Å². The summed E-state index contributed by atoms with van der Waals surface area (Å²) in [7, 11) is -4.17. The first-order valence-electron chi connectivity index (χ1n) is 7.45. The normalized spacial score (nSPS) is 11.5. The number of sulfonamides is 1. The molecule has 0 unspecified atom stereocenters. The molecular weight excluding hydrogens is 376 g/mol. The van der Waals surface area contributed by atoms with Gasteiger partial charge in [0.15, 0.2) is 6.29 Å². The van der Waals surface area contributed by atoms with Gasteiger partial charge in [-0.15, -0.1) is 11.3 Å². The topological polar surface area (TPSA) is 113 Å². The lowest BCUT2D eigenvalue weighted by Gasteiger charge is -2.11. The molecule has 0 aliphatic rings. The Balaban J connectivity index is 2.24. The molecule has 1 aromatic carbocycles. The van der Waals surface area contributed by atoms with Crippen molar-refractivity contribution in [2.24, 2.45) is 0 Å². The molecule has 0 fully saturated rings. The number of aldehydes is 1. The first-order valence-corrected chi connectivity index (χ1v) is 9.75. The highest BCUT2D eigenvalue weighted by atomic mass is 32.2. The molecule has 7 nitrogen and oxygen atoms in total. The van der Waals surface area contributed by atoms with Gasteiger partial charge in [0.2, 0.25) is 0 Å². The summed E-state index contributed by atoms with van der Waals surface area (Å²) in [4.78, 5) is 27.1. The van der Waals surface area contributed by atoms with Crippen LogP contribution in [0.15, 0.2) is 35.2 Å². The lowest BCUT2D eigenvalue weighted by molar-refractivity contribution is 0.0703. The molecule has 0 saturated carbocycles. The average Bonchev–Trinajstić information content (AvgIpc) is 2.92. The molecular formula is C17H14N2O5S2. The molecule has 9 heteroatoms. The van der Waals surface area contributed by atoms with Gasteiger partial charge >= 0.3 is 5.97 Å². The number of nitrogens with zero attached hydrogens (tertiary/aromatic N) is 1. The SMILES string of the molecule is Cc1cc(C)c2c(NS(=O)(=O)c3ccccc3C=O)c(C(=O)O)sc2n1. The van der Waals surface area contributed by atoms with Gasteiger partial charge in [0, 0.05) is 16.6 Å². The lowest BCUT2D eigenvalue weighted by atomic mass is 10.1. The number of anilines is 1. The molecule has 0 spiro atoms. The molecule has 0 saturated heterocycles. The average molecular weight is 390 g/mol. The van der Waals surface area contributed by atoms with Crippen LogP contribution in [0, 0.1) is 13.8 Å². The van der Waals surface area contributed by atoms with Crippen LogP contribution in [0.1, 0.15) is 31.3 Å². The molecule has 3 aromatic rings. The molecule has 2 N–H and O–H groups in total. The highest BCUT2D eigenvalue weighted by Gasteiger charge is 2.26. The zero-order valence-corrected chi connectivity index (χ0v) is 15.4. The molecule has 0 bridgehead atoms. The number of thiophene rings is 1. The highest BCUT2D eigenvalue weighted by Crippen LogP contribution is 2.38. The fourth-order valence-electron chi connectivity index (χ4n) is 2.70. The molecule has 0 aliphatic carbocycles. The van der Waals surface area contributed by atoms with E-state index in [9.17, 15) is 23.1 Å². The maximum Gasteiger partial charge on any atom is 0.348 e. The second-order valence-electron chi connectivity index (χ2n) is 5.63. The third-order valence-corrected chi connectivity index (χ3v) is 6.25. The minimum Gasteiger partial charge on any atom is -0.477 e. The Kier molecular flexibility index (Phi) is 4.51. The Labute approximate surface area is 153 Å². The Bertz CT molecular complexity index is 1150. The summed E-state index contributed by atoms with van der Waals surface area (Å²) >= 11 is 0.899. The second-order valence-corrected chi connectivity index (χ2v) is 8.28. The number of hydrogen-bond acceptors (Lipinski definition) is 6. The van der Waals surface area contributed by atoms with E-state index in [1.807, 2.05) is 0 Å². The van der Waals surface area contributed by atoms with Crippen molar-refractivity contribution in [1.82, 2.24) is 4.98 Å². The number of pyridine rings is 1. The quantitative estimate of drug-likeness (QED) is 0.647. The van der Waals surface area contributed by atoms with Gasteiger partial charge < -0.3 is 5.11 Å². The largest absolute Gasteiger partial charge is 0.477 e. The summed E-state index contributed by atoms with van der Waals surface area (Å²) in [5.41, 5.74) is 1.36. The molecule has 3 rings (SSSR count). The fourth-order valence-corrected chi connectivity index (χ4v) is 5.12. The number of fused-ring (bicyclic) bond motifs is 1. The molecule has 0 amide bonds. The minimum absolute atomic E-state index is 0.0119. The van der Waals surface area contributed by atoms with Crippen molar-refractivity contribution in [3.8, 4) is 0 Å². The van der Waals surface area contributed by atoms with Crippen LogP contribution in [0.4, 0.5) is 5.69 Å². The number of carbonyl (C=O) groups is 2. The zero-order valence-electron chi connectivity index (χ0n) is 13.8. The number of hydrogen-bond donors (Lipinski definition) is 2. The minimum atomic E-state index is -4.17. The number of benzene rings is 1. The Morgan fingerprint density at radius 1 is 1.27 bits per heavy atom. The van der Waals surface area contributed by atoms with Crippen LogP contribution in [-0.4, -0.2) is 30.8 Å². The van der Waals surface area contributed by atoms with Crippen molar-refractivity contribution < 1.29 is 23.1 Å². The molecule has 0 atom stereocenters. The van der Waals surface area contributed by atoms with E-state index in [1.165, 1.54) is 18.2 Å². The number of carbonyl (C=O) groups excluding carboxylic acids is 1. The van der Waals surface area contributed by atoms with Crippen molar-refractivity contribution in [2.45, 2.75) is 18.7 Å². The van der Waals surface area contributed by atoms with Gasteiger partial charge in [-0.2, -0.15) is 0 Å². The van der Waals surface area contributed by atoms with Crippen LogP contribution < -0.4 is 4.72 Å². The summed E-state index contributed by atoms with van der Waals surface area (Å²) in [5, 5.41) is 9.92. The van der Waals surface area contributed by atoms with E-state index in [4.69, 9.17) is 0 Å². The first-order chi connectivity index (χ1) is 12.2. The van der Waals surface area contributed by atoms with E-state index in [2.05, 4.69) is 9.71 Å². The lowest BCUT2D eigenvalue weighted by Crippen LogP contribution is -2.16. The number of aryl methyl sites for hydroxylation is 2. The van der Waals surface area contributed by atoms with Gasteiger partial charge in [-0.05, 0) is 31.5 Å². The monoisotopic (exact) mass is 390 g/mol. The van der Waals surface area contributed by atoms with Gasteiger partial charge in [0.25, 0.3) is 10.0 Å². The van der Waals surface area contributed by atoms with E-state index < -0.39 is 16.0 Å². The number of nitrogens with one attached hydrogen (secondary N) is 1. The second kappa shape index (κ2) is 6.50. The van der Waals surface area contributed by atoms with E-state index in [1.54, 1.807) is 26.0 Å². The molecule has 26 heavy (non-hydrogen) atoms. The Morgan fingerprint density at radius 3 is 2.62 bits per heavy atom. The fraction of sp³-hybridized carbons (Fsp3) is 0.118. The summed E-state index contributed by atoms with van der Waals surface area (Å²) in [6.45, 7) is 3.53. The standard InChI is InChI=1S/C17H14N2O5S2/c1-9-7-10(2)18-16-13(9)14(15(25-16)17(21)22)19-26(23,24)12-6-4-3-5-11(12)8-20/h3-8,19H,1-2H3,(H,21,22). The summed E-state index contributed by atoms with van der Waals surface area (Å²) in [6.07, 6.45) is 0.439. The Morgan fingerprint density at radius 2 is 1.96 bits per heavy atom. The van der Waals surface area contributed by atoms with Crippen LogP contribution in [0.5, 0.6) is 0 Å². The van der Waals surface area contributed by atoms with Gasteiger partial charge in [-0.1, -0.05) is 18.2 Å². The van der Waals surface area contributed by atoms with Gasteiger partial charge in [0.1, 0.15) is 9.71 Å². The van der Waals surface area contributed by atoms with Crippen molar-refractivity contribution in [3.05, 3.63) is 52.0 Å². The number of carboxylic acids is 1. The predicted octanol–water partition coefficient (Wildman–Crippen LogP) is 3.22. The molecule has 0 aliphatic heterocycles. The van der Waals surface area contributed by atoms with Gasteiger partial charge in [-0.25, -0.2) is 18.2 Å². The highest BCUT2D eigenvalue weighted by molar-refractivity contribution is 7.92. The van der Waals surface area contributed by atoms with Crippen LogP contribution in [-0.2, 0) is 10.0 Å². The number of rotatable bonds is 5. The zero-order chi connectivity index (χ0) is 19.1. The van der Waals surface area contributed by atoms with Crippen molar-refractivity contribution in [3.63, 3.8) is 0 Å². The molecule has 134 valence electrons. The summed E-state index contributed by atoms with van der Waals surface area (Å²) < 4.78 is 27.9. The Hall–Kier alpha value is -2.78. The van der Waals surface area contributed by atoms with Crippen LogP contribution >= 0.6 is 11.3 Å². The molecule has 2 aromatic heterocycles. The van der Waals surface area contributed by atoms with Gasteiger partial charge in [0.05, 0.1) is 10.6 Å². The van der Waals surface area contributed by atoms with E-state index in [-0.39, 0.29) is 21.0 Å². The van der Waals surface area contributed by atoms with Crippen LogP contribution in [0.3, 0.4) is 0 Å². The number of carboxylic acid groups (broad SMARTS) is 1. The van der Waals surface area contributed by atoms with E-state index in [0.717, 1.165) is 11.3 Å². The van der Waals surface area contributed by atoms with E-state index in [0.29, 0.717) is 27.8 Å². The third kappa shape index (κ3) is 3.06. The smallest absolute Gasteiger partial charge is 0.348 e. The number of aromatic carboxylic acids is 1. The van der Waals surface area contributed by atoms with Crippen molar-refractivity contribution in [1.29, 1.82) is 0 Å². The maximum atomic E-state index is 12.8. The third-order valence-electron chi connectivity index (χ3n) is 3.75. The van der Waals surface area contributed by atoms with Crippen molar-refractivity contribution in [2.75, 3.05) is 4.72 Å². The maximum absolute atomic E-state index is 12.8. The molecule has 2 heterocycles. The number of aromatic nitrogens is 1. The van der Waals surface area contributed by atoms with Crippen LogP contribution in [0.2, 0.25) is 0 Å². The van der Waals surface area contributed by atoms with E-state index >= 15 is 0 Å². The van der Waals surface area contributed by atoms with Gasteiger partial charge in [-0.3, -0.25) is 9.52 Å². The summed E-state index contributed by atoms with van der Waals surface area (Å²) in [6, 6.07) is 7.44. The van der Waals surface area contributed by atoms with Crippen LogP contribution in [0.25, 0.3) is 10.2 Å².